The third-order valence-electron chi connectivity index (χ3n) is 0. The van der Waals surface area contributed by atoms with Gasteiger partial charge in [-0.3, -0.25) is 0 Å². The van der Waals surface area contributed by atoms with E-state index in [1.54, 1.807) is 4.81 Å². The van der Waals surface area contributed by atoms with Gasteiger partial charge in [-0.2, -0.15) is 0 Å². The Hall–Kier alpha value is 0.0249. The van der Waals surface area contributed by atoms with Crippen molar-refractivity contribution in [3.63, 3.8) is 0 Å². The minimum absolute atomic E-state index is 1.75. The van der Waals surface area contributed by atoms with Crippen LogP contribution in [0.2, 0.25) is 0 Å². The second-order valence-electron chi connectivity index (χ2n) is 1.08. The van der Waals surface area contributed by atoms with E-state index < -0.39 is 0 Å². The van der Waals surface area contributed by atoms with E-state index in [4.69, 9.17) is 0 Å². The summed E-state index contributed by atoms with van der Waals surface area (Å²) >= 11 is 0. The maximum absolute atomic E-state index is 3.47. The molecule has 0 spiro atoms. The van der Waals surface area contributed by atoms with Gasteiger partial charge in [-0.25, -0.2) is 0 Å². The van der Waals surface area contributed by atoms with Crippen LogP contribution in [-0.2, 0) is 0 Å². The summed E-state index contributed by atoms with van der Waals surface area (Å²) < 4.78 is 0. The van der Waals surface area contributed by atoms with Gasteiger partial charge in [-0.15, -0.1) is 0 Å². The Balaban J connectivity index is 2.32. The molecule has 0 heterocycles. The molecule has 4 heavy (non-hydrogen) atoms. The highest BCUT2D eigenvalue weighted by Crippen LogP contribution is 1.44. The average Bonchev–Trinajstić information content (AvgIpc) is 0.811. The molecule has 0 saturated heterocycles. The molecule has 0 unspecified atom stereocenters. The number of nitrogens with zero attached hydrogens (tertiary/aromatic N) is 1. The van der Waals surface area contributed by atoms with Crippen molar-refractivity contribution in [2.24, 2.45) is 0 Å². The Labute approximate surface area is 28.0 Å². The molecule has 0 N–H and O–H groups in total. The Morgan fingerprint density at radius 3 is 1.50 bits per heavy atom. The van der Waals surface area contributed by atoms with Crippen LogP contribution in [0, 0.1) is 0 Å². The van der Waals surface area contributed by atoms with Crippen molar-refractivity contribution in [3.8, 4) is 0 Å². The highest BCUT2D eigenvalue weighted by atomic mass is 14.9. The van der Waals surface area contributed by atoms with Gasteiger partial charge >= 0.3 is 0 Å². The maximum Gasteiger partial charge on any atom is 0.185 e. The van der Waals surface area contributed by atoms with Crippen molar-refractivity contribution < 1.29 is 0 Å². The van der Waals surface area contributed by atoms with E-state index in [0.717, 1.165) is 0 Å². The molecule has 0 aliphatic rings. The molecule has 0 rings (SSSR count). The molecule has 0 fully saturated rings. The lowest BCUT2D eigenvalue weighted by molar-refractivity contribution is 0.679. The molecule has 2 heteroatoms. The van der Waals surface area contributed by atoms with Crippen LogP contribution in [0.5, 0.6) is 0 Å². The van der Waals surface area contributed by atoms with Crippen LogP contribution >= 0.6 is 0 Å². The molecule has 0 aliphatic heterocycles. The van der Waals surface area contributed by atoms with E-state index in [-0.39, 0.29) is 0 Å². The van der Waals surface area contributed by atoms with Gasteiger partial charge in [-0.05, 0) is 14.1 Å². The zero-order valence-electron chi connectivity index (χ0n) is 3.15. The maximum atomic E-state index is 3.47. The van der Waals surface area contributed by atoms with Crippen LogP contribution in [0.15, 0.2) is 0 Å². The predicted molar refractivity (Wildman–Crippen MR) is 20.8 cm³/mol. The quantitative estimate of drug-likeness (QED) is 0.334. The van der Waals surface area contributed by atoms with Crippen molar-refractivity contribution in [2.75, 3.05) is 14.1 Å². The van der Waals surface area contributed by atoms with Crippen molar-refractivity contribution in [2.45, 2.75) is 0 Å². The van der Waals surface area contributed by atoms with Crippen molar-refractivity contribution >= 4 is 7.98 Å². The summed E-state index contributed by atoms with van der Waals surface area (Å²) in [5, 5.41) is 0. The van der Waals surface area contributed by atoms with Crippen LogP contribution in [0.25, 0.3) is 0 Å². The van der Waals surface area contributed by atoms with E-state index in [1.807, 2.05) is 14.1 Å². The molecular weight excluding hydrogens is 48.8 g/mol. The first kappa shape index (κ1) is 4.02. The summed E-state index contributed by atoms with van der Waals surface area (Å²) in [6.45, 7) is 0. The summed E-state index contributed by atoms with van der Waals surface area (Å²) in [5.41, 5.74) is 0. The monoisotopic (exact) mass is 56.1 g/mol. The summed E-state index contributed by atoms with van der Waals surface area (Å²) in [5.74, 6) is 0. The smallest absolute Gasteiger partial charge is 0.185 e. The molecule has 0 saturated carbocycles. The van der Waals surface area contributed by atoms with Gasteiger partial charge in [0, 0.05) is 0 Å². The SMILES string of the molecule is [BH]N(C)C. The van der Waals surface area contributed by atoms with Gasteiger partial charge < -0.3 is 4.81 Å². The largest absolute Gasteiger partial charge is 0.356 e. The minimum Gasteiger partial charge on any atom is -0.356 e. The lowest BCUT2D eigenvalue weighted by Crippen LogP contribution is -2.02. The van der Waals surface area contributed by atoms with Gasteiger partial charge in [0.2, 0.25) is 0 Å². The third kappa shape index (κ3) is 3420. The van der Waals surface area contributed by atoms with Crippen LogP contribution in [0.3, 0.4) is 0 Å². The Kier molecular flexibility index (Phi) is 1.36. The Morgan fingerprint density at radius 2 is 1.50 bits per heavy atom. The summed E-state index contributed by atoms with van der Waals surface area (Å²) in [7, 11) is 7.25. The van der Waals surface area contributed by atoms with Gasteiger partial charge in [0.05, 0.1) is 0 Å². The molecule has 0 amide bonds. The Morgan fingerprint density at radius 1 is 1.50 bits per heavy atom. The van der Waals surface area contributed by atoms with Crippen LogP contribution in [-0.4, -0.2) is 26.9 Å². The number of hydrogen-bond donors (Lipinski definition) is 0. The molecule has 0 aromatic heterocycles. The van der Waals surface area contributed by atoms with E-state index >= 15 is 0 Å². The molecule has 0 bridgehead atoms. The molecule has 1 radical (unpaired) electrons. The van der Waals surface area contributed by atoms with Crippen molar-refractivity contribution in [3.05, 3.63) is 0 Å². The Bertz CT molecular complexity index is 10.8. The van der Waals surface area contributed by atoms with E-state index in [9.17, 15) is 0 Å². The predicted octanol–water partition coefficient (Wildman–Crippen LogP) is -0.636. The first-order valence-electron chi connectivity index (χ1n) is 1.21. The van der Waals surface area contributed by atoms with Gasteiger partial charge in [0.15, 0.2) is 7.98 Å². The topological polar surface area (TPSA) is 3.24 Å². The number of hydrogen-bond acceptors (Lipinski definition) is 1. The standard InChI is InChI=1S/C2H7BN/c1-4(2)3/h3H,1-2H3. The molecule has 0 atom stereocenters. The fourth-order valence-electron chi connectivity index (χ4n) is 0. The third-order valence-corrected chi connectivity index (χ3v) is 0. The first-order chi connectivity index (χ1) is 1.73. The summed E-state index contributed by atoms with van der Waals surface area (Å²) in [4.78, 5) is 1.75. The highest BCUT2D eigenvalue weighted by Gasteiger charge is 1.59. The van der Waals surface area contributed by atoms with Gasteiger partial charge in [0.25, 0.3) is 0 Å². The van der Waals surface area contributed by atoms with Crippen molar-refractivity contribution in [1.29, 1.82) is 0 Å². The molecule has 1 nitrogen and oxygen atoms in total. The fraction of sp³-hybridized carbons (Fsp3) is 1.00. The van der Waals surface area contributed by atoms with E-state index in [1.165, 1.54) is 0 Å². The minimum atomic E-state index is 1.75. The van der Waals surface area contributed by atoms with Gasteiger partial charge in [0.1, 0.15) is 0 Å². The second-order valence-corrected chi connectivity index (χ2v) is 1.08. The van der Waals surface area contributed by atoms with Crippen LogP contribution in [0.1, 0.15) is 0 Å². The van der Waals surface area contributed by atoms with E-state index in [0.29, 0.717) is 0 Å². The number of rotatable bonds is 0. The van der Waals surface area contributed by atoms with Crippen LogP contribution < -0.4 is 0 Å². The average molecular weight is 55.9 g/mol. The van der Waals surface area contributed by atoms with Gasteiger partial charge in [-0.1, -0.05) is 0 Å². The molecule has 0 aromatic carbocycles. The van der Waals surface area contributed by atoms with E-state index in [2.05, 4.69) is 7.98 Å². The first-order valence-corrected chi connectivity index (χ1v) is 1.21. The highest BCUT2D eigenvalue weighted by molar-refractivity contribution is 6.03. The molecular formula is C2H7BN. The molecule has 0 aromatic rings. The summed E-state index contributed by atoms with van der Waals surface area (Å²) in [6.07, 6.45) is 0. The summed E-state index contributed by atoms with van der Waals surface area (Å²) in [6, 6.07) is 0. The lowest BCUT2D eigenvalue weighted by atomic mass is 10.4. The fourth-order valence-corrected chi connectivity index (χ4v) is 0. The van der Waals surface area contributed by atoms with Crippen molar-refractivity contribution in [1.82, 2.24) is 4.81 Å². The second kappa shape index (κ2) is 1.36. The van der Waals surface area contributed by atoms with Crippen LogP contribution in [0.4, 0.5) is 0 Å². The zero-order chi connectivity index (χ0) is 3.58. The normalized spacial score (nSPS) is 8.75. The lowest BCUT2D eigenvalue weighted by Gasteiger charge is -1.90. The molecule has 0 aliphatic carbocycles. The molecule has 23 valence electrons. The zero-order valence-corrected chi connectivity index (χ0v) is 3.15.